The van der Waals surface area contributed by atoms with Gasteiger partial charge in [0, 0.05) is 0 Å². The first-order valence-electron chi connectivity index (χ1n) is 8.23. The summed E-state index contributed by atoms with van der Waals surface area (Å²) in [5.74, 6) is -1.28. The number of benzene rings is 2. The van der Waals surface area contributed by atoms with E-state index in [9.17, 15) is 14.4 Å². The molecule has 142 valence electrons. The first-order chi connectivity index (χ1) is 12.9. The van der Waals surface area contributed by atoms with Crippen molar-refractivity contribution in [3.8, 4) is 5.75 Å². The van der Waals surface area contributed by atoms with E-state index in [-0.39, 0.29) is 17.9 Å². The molecule has 1 N–H and O–H groups in total. The van der Waals surface area contributed by atoms with Gasteiger partial charge in [0.05, 0.1) is 18.4 Å². The average molecular weight is 371 g/mol. The van der Waals surface area contributed by atoms with E-state index in [1.807, 2.05) is 19.9 Å². The minimum absolute atomic E-state index is 0.206. The van der Waals surface area contributed by atoms with Crippen LogP contribution in [-0.2, 0) is 19.1 Å². The maximum atomic E-state index is 12.0. The Morgan fingerprint density at radius 3 is 2.30 bits per heavy atom. The lowest BCUT2D eigenvalue weighted by molar-refractivity contribution is -0.149. The minimum atomic E-state index is -0.675. The molecule has 1 amide bonds. The lowest BCUT2D eigenvalue weighted by Gasteiger charge is -2.10. The van der Waals surface area contributed by atoms with Gasteiger partial charge in [-0.25, -0.2) is 9.59 Å². The molecular formula is C20H21NO6. The van der Waals surface area contributed by atoms with Crippen molar-refractivity contribution in [2.24, 2.45) is 0 Å². The van der Waals surface area contributed by atoms with Gasteiger partial charge in [-0.15, -0.1) is 0 Å². The average Bonchev–Trinajstić information content (AvgIpc) is 2.64. The molecule has 0 heterocycles. The highest BCUT2D eigenvalue weighted by Crippen LogP contribution is 2.17. The van der Waals surface area contributed by atoms with Crippen LogP contribution >= 0.6 is 0 Å². The van der Waals surface area contributed by atoms with E-state index >= 15 is 0 Å². The summed E-state index contributed by atoms with van der Waals surface area (Å²) in [4.78, 5) is 35.4. The molecule has 27 heavy (non-hydrogen) atoms. The van der Waals surface area contributed by atoms with Gasteiger partial charge in [0.15, 0.2) is 13.2 Å². The van der Waals surface area contributed by atoms with Crippen molar-refractivity contribution in [1.82, 2.24) is 0 Å². The molecule has 2 rings (SSSR count). The molecule has 0 spiro atoms. The fourth-order valence-corrected chi connectivity index (χ4v) is 2.41. The normalized spacial score (nSPS) is 10.0. The second-order valence-electron chi connectivity index (χ2n) is 5.86. The van der Waals surface area contributed by atoms with Crippen molar-refractivity contribution in [1.29, 1.82) is 0 Å². The van der Waals surface area contributed by atoms with Crippen LogP contribution in [0.15, 0.2) is 42.5 Å². The summed E-state index contributed by atoms with van der Waals surface area (Å²) in [7, 11) is 1.25. The SMILES string of the molecule is COC(=O)c1ccccc1NC(=O)COC(=O)COc1cc(C)cc(C)c1. The molecule has 2 aromatic rings. The number of hydrogen-bond donors (Lipinski definition) is 1. The van der Waals surface area contributed by atoms with Crippen LogP contribution in [0.5, 0.6) is 5.75 Å². The van der Waals surface area contributed by atoms with Crippen LogP contribution in [0.4, 0.5) is 5.69 Å². The number of para-hydroxylation sites is 1. The molecule has 0 atom stereocenters. The fraction of sp³-hybridized carbons (Fsp3) is 0.250. The first kappa shape index (κ1) is 20.0. The predicted octanol–water partition coefficient (Wildman–Crippen LogP) is 2.65. The van der Waals surface area contributed by atoms with Gasteiger partial charge in [-0.05, 0) is 49.2 Å². The lowest BCUT2D eigenvalue weighted by atomic mass is 10.1. The van der Waals surface area contributed by atoms with E-state index in [1.165, 1.54) is 13.2 Å². The van der Waals surface area contributed by atoms with Crippen molar-refractivity contribution < 1.29 is 28.6 Å². The van der Waals surface area contributed by atoms with Gasteiger partial charge in [-0.3, -0.25) is 4.79 Å². The van der Waals surface area contributed by atoms with E-state index in [0.717, 1.165) is 11.1 Å². The third-order valence-corrected chi connectivity index (χ3v) is 3.52. The van der Waals surface area contributed by atoms with Gasteiger partial charge in [-0.1, -0.05) is 18.2 Å². The Bertz CT molecular complexity index is 826. The van der Waals surface area contributed by atoms with Crippen molar-refractivity contribution in [2.75, 3.05) is 25.6 Å². The molecular weight excluding hydrogens is 350 g/mol. The number of carbonyl (C=O) groups excluding carboxylic acids is 3. The van der Waals surface area contributed by atoms with Crippen molar-refractivity contribution in [2.45, 2.75) is 13.8 Å². The zero-order valence-corrected chi connectivity index (χ0v) is 15.4. The number of amides is 1. The Labute approximate surface area is 157 Å². The number of ether oxygens (including phenoxy) is 3. The van der Waals surface area contributed by atoms with E-state index in [1.54, 1.807) is 30.3 Å². The summed E-state index contributed by atoms with van der Waals surface area (Å²) < 4.78 is 14.9. The summed E-state index contributed by atoms with van der Waals surface area (Å²) in [6.07, 6.45) is 0. The molecule has 2 aromatic carbocycles. The Hall–Kier alpha value is -3.35. The summed E-state index contributed by atoms with van der Waals surface area (Å²) in [6, 6.07) is 12.0. The number of rotatable bonds is 7. The number of hydrogen-bond acceptors (Lipinski definition) is 6. The van der Waals surface area contributed by atoms with Gasteiger partial charge in [-0.2, -0.15) is 0 Å². The molecule has 0 aliphatic carbocycles. The molecule has 0 bridgehead atoms. The fourth-order valence-electron chi connectivity index (χ4n) is 2.41. The van der Waals surface area contributed by atoms with Crippen LogP contribution in [0.3, 0.4) is 0 Å². The summed E-state index contributed by atoms with van der Waals surface area (Å²) in [5, 5.41) is 2.51. The Morgan fingerprint density at radius 2 is 1.63 bits per heavy atom. The largest absolute Gasteiger partial charge is 0.482 e. The molecule has 0 saturated heterocycles. The van der Waals surface area contributed by atoms with E-state index < -0.39 is 24.5 Å². The summed E-state index contributed by atoms with van der Waals surface area (Å²) in [5.41, 5.74) is 2.51. The summed E-state index contributed by atoms with van der Waals surface area (Å²) >= 11 is 0. The minimum Gasteiger partial charge on any atom is -0.482 e. The van der Waals surface area contributed by atoms with Crippen molar-refractivity contribution in [3.05, 3.63) is 59.2 Å². The van der Waals surface area contributed by atoms with E-state index in [0.29, 0.717) is 5.75 Å². The number of carbonyl (C=O) groups is 3. The smallest absolute Gasteiger partial charge is 0.344 e. The molecule has 7 nitrogen and oxygen atoms in total. The topological polar surface area (TPSA) is 90.9 Å². The second-order valence-corrected chi connectivity index (χ2v) is 5.86. The van der Waals surface area contributed by atoms with Gasteiger partial charge in [0.1, 0.15) is 5.75 Å². The third-order valence-electron chi connectivity index (χ3n) is 3.52. The number of methoxy groups -OCH3 is 1. The van der Waals surface area contributed by atoms with Gasteiger partial charge in [0.25, 0.3) is 5.91 Å². The Morgan fingerprint density at radius 1 is 0.963 bits per heavy atom. The van der Waals surface area contributed by atoms with Crippen LogP contribution in [0.2, 0.25) is 0 Å². The van der Waals surface area contributed by atoms with Gasteiger partial charge < -0.3 is 19.5 Å². The van der Waals surface area contributed by atoms with Crippen LogP contribution < -0.4 is 10.1 Å². The highest BCUT2D eigenvalue weighted by molar-refractivity contribution is 6.01. The third kappa shape index (κ3) is 6.14. The van der Waals surface area contributed by atoms with Crippen LogP contribution in [0.25, 0.3) is 0 Å². The molecule has 7 heteroatoms. The number of esters is 2. The molecule has 0 aliphatic rings. The van der Waals surface area contributed by atoms with Crippen LogP contribution in [-0.4, -0.2) is 38.2 Å². The quantitative estimate of drug-likeness (QED) is 0.753. The van der Waals surface area contributed by atoms with E-state index in [4.69, 9.17) is 9.47 Å². The molecule has 0 fully saturated rings. The van der Waals surface area contributed by atoms with Crippen LogP contribution in [0.1, 0.15) is 21.5 Å². The molecule has 0 radical (unpaired) electrons. The van der Waals surface area contributed by atoms with Crippen molar-refractivity contribution in [3.63, 3.8) is 0 Å². The zero-order valence-electron chi connectivity index (χ0n) is 15.4. The zero-order chi connectivity index (χ0) is 19.8. The molecule has 0 unspecified atom stereocenters. The molecule has 0 aliphatic heterocycles. The molecule has 0 saturated carbocycles. The number of anilines is 1. The number of aryl methyl sites for hydroxylation is 2. The molecule has 0 aromatic heterocycles. The lowest BCUT2D eigenvalue weighted by Crippen LogP contribution is -2.24. The van der Waals surface area contributed by atoms with Crippen molar-refractivity contribution >= 4 is 23.5 Å². The number of nitrogens with one attached hydrogen (secondary N) is 1. The van der Waals surface area contributed by atoms with E-state index in [2.05, 4.69) is 10.1 Å². The monoisotopic (exact) mass is 371 g/mol. The van der Waals surface area contributed by atoms with Crippen LogP contribution in [0, 0.1) is 13.8 Å². The predicted molar refractivity (Wildman–Crippen MR) is 98.8 cm³/mol. The maximum Gasteiger partial charge on any atom is 0.344 e. The summed E-state index contributed by atoms with van der Waals surface area (Å²) in [6.45, 7) is 3.04. The highest BCUT2D eigenvalue weighted by Gasteiger charge is 2.14. The maximum absolute atomic E-state index is 12.0. The Balaban J connectivity index is 1.83. The Kier molecular flexibility index (Phi) is 6.93. The van der Waals surface area contributed by atoms with Gasteiger partial charge in [0.2, 0.25) is 0 Å². The second kappa shape index (κ2) is 9.38. The highest BCUT2D eigenvalue weighted by atomic mass is 16.6. The van der Waals surface area contributed by atoms with Gasteiger partial charge >= 0.3 is 11.9 Å². The standard InChI is InChI=1S/C20H21NO6/c1-13-8-14(2)10-15(9-13)26-12-19(23)27-11-18(22)21-17-7-5-4-6-16(17)20(24)25-3/h4-10H,11-12H2,1-3H3,(H,21,22). The first-order valence-corrected chi connectivity index (χ1v) is 8.23.